The maximum atomic E-state index is 11.8. The minimum atomic E-state index is -0.682. The quantitative estimate of drug-likeness (QED) is 0.898. The first kappa shape index (κ1) is 11.0. The smallest absolute Gasteiger partial charge is 0.274 e. The summed E-state index contributed by atoms with van der Waals surface area (Å²) in [6.45, 7) is 2.74. The Labute approximate surface area is 100 Å². The number of aliphatic hydroxyl groups is 1. The Hall–Kier alpha value is -0.460. The highest BCUT2D eigenvalue weighted by Crippen LogP contribution is 2.27. The highest BCUT2D eigenvalue weighted by Gasteiger charge is 2.43. The van der Waals surface area contributed by atoms with Crippen molar-refractivity contribution in [3.05, 3.63) is 15.5 Å². The molecule has 82 valence electrons. The van der Waals surface area contributed by atoms with Gasteiger partial charge in [-0.05, 0) is 33.9 Å². The monoisotopic (exact) mass is 290 g/mol. The molecule has 0 unspecified atom stereocenters. The van der Waals surface area contributed by atoms with E-state index in [-0.39, 0.29) is 5.91 Å². The molecule has 1 aliphatic heterocycles. The Kier molecular flexibility index (Phi) is 2.83. The number of amides is 1. The first-order valence-electron chi connectivity index (χ1n) is 4.67. The van der Waals surface area contributed by atoms with E-state index in [9.17, 15) is 9.90 Å². The van der Waals surface area contributed by atoms with E-state index in [4.69, 9.17) is 0 Å². The van der Waals surface area contributed by atoms with Gasteiger partial charge >= 0.3 is 0 Å². The number of nitrogens with zero attached hydrogens (tertiary/aromatic N) is 2. The van der Waals surface area contributed by atoms with Gasteiger partial charge in [0.05, 0.1) is 23.2 Å². The van der Waals surface area contributed by atoms with E-state index in [1.54, 1.807) is 10.3 Å². The molecule has 0 saturated carbocycles. The number of carbonyl (C=O) groups is 1. The lowest BCUT2D eigenvalue weighted by molar-refractivity contribution is -0.0828. The average Bonchev–Trinajstić information content (AvgIpc) is 2.58. The Morgan fingerprint density at radius 1 is 1.80 bits per heavy atom. The molecule has 1 saturated heterocycles. The van der Waals surface area contributed by atoms with Gasteiger partial charge in [-0.3, -0.25) is 4.79 Å². The predicted octanol–water partition coefficient (Wildman–Crippen LogP) is 1.50. The van der Waals surface area contributed by atoms with Gasteiger partial charge in [-0.15, -0.1) is 0 Å². The highest BCUT2D eigenvalue weighted by molar-refractivity contribution is 9.10. The van der Waals surface area contributed by atoms with E-state index in [0.29, 0.717) is 25.2 Å². The largest absolute Gasteiger partial charge is 0.386 e. The molecular weight excluding hydrogens is 280 g/mol. The SMILES string of the molecule is CCC1(O)CN(C(=O)c2nscc2Br)C1. The van der Waals surface area contributed by atoms with Gasteiger partial charge in [0.2, 0.25) is 0 Å². The molecule has 1 fully saturated rings. The molecule has 0 atom stereocenters. The van der Waals surface area contributed by atoms with Crippen molar-refractivity contribution in [2.75, 3.05) is 13.1 Å². The first-order valence-corrected chi connectivity index (χ1v) is 6.30. The summed E-state index contributed by atoms with van der Waals surface area (Å²) in [5.41, 5.74) is -0.240. The van der Waals surface area contributed by atoms with Crippen molar-refractivity contribution in [3.8, 4) is 0 Å². The summed E-state index contributed by atoms with van der Waals surface area (Å²) in [6.07, 6.45) is 0.676. The summed E-state index contributed by atoms with van der Waals surface area (Å²) >= 11 is 4.52. The van der Waals surface area contributed by atoms with Crippen LogP contribution in [0.5, 0.6) is 0 Å². The lowest BCUT2D eigenvalue weighted by Gasteiger charge is -2.45. The molecule has 15 heavy (non-hydrogen) atoms. The fourth-order valence-corrected chi connectivity index (χ4v) is 2.71. The molecule has 0 aromatic carbocycles. The number of hydrogen-bond acceptors (Lipinski definition) is 4. The van der Waals surface area contributed by atoms with Gasteiger partial charge in [0.15, 0.2) is 5.69 Å². The van der Waals surface area contributed by atoms with E-state index in [1.807, 2.05) is 6.92 Å². The Morgan fingerprint density at radius 2 is 2.47 bits per heavy atom. The van der Waals surface area contributed by atoms with E-state index >= 15 is 0 Å². The molecular formula is C9H11BrN2O2S. The molecule has 0 radical (unpaired) electrons. The van der Waals surface area contributed by atoms with Crippen molar-refractivity contribution in [2.24, 2.45) is 0 Å². The number of likely N-dealkylation sites (tertiary alicyclic amines) is 1. The van der Waals surface area contributed by atoms with Crippen LogP contribution in [0.4, 0.5) is 0 Å². The molecule has 4 nitrogen and oxygen atoms in total. The molecule has 1 N–H and O–H groups in total. The molecule has 1 aromatic rings. The van der Waals surface area contributed by atoms with Gasteiger partial charge in [-0.1, -0.05) is 6.92 Å². The summed E-state index contributed by atoms with van der Waals surface area (Å²) < 4.78 is 4.74. The van der Waals surface area contributed by atoms with Crippen molar-refractivity contribution in [1.82, 2.24) is 9.27 Å². The second-order valence-corrected chi connectivity index (χ2v) is 5.23. The van der Waals surface area contributed by atoms with Crippen molar-refractivity contribution < 1.29 is 9.90 Å². The first-order chi connectivity index (χ1) is 7.06. The van der Waals surface area contributed by atoms with E-state index in [0.717, 1.165) is 4.47 Å². The van der Waals surface area contributed by atoms with Gasteiger partial charge in [0.1, 0.15) is 0 Å². The van der Waals surface area contributed by atoms with Gasteiger partial charge in [-0.25, -0.2) is 0 Å². The van der Waals surface area contributed by atoms with Gasteiger partial charge in [0, 0.05) is 5.38 Å². The Balaban J connectivity index is 2.04. The molecule has 2 heterocycles. The third-order valence-corrected chi connectivity index (χ3v) is 4.18. The molecule has 0 bridgehead atoms. The third-order valence-electron chi connectivity index (χ3n) is 2.64. The summed E-state index contributed by atoms with van der Waals surface area (Å²) in [4.78, 5) is 13.5. The number of β-amino-alcohol motifs (C(OH)–C–C–N with tert-alkyl or cyclic N) is 1. The van der Waals surface area contributed by atoms with Crippen molar-refractivity contribution in [2.45, 2.75) is 18.9 Å². The van der Waals surface area contributed by atoms with Crippen LogP contribution in [0.15, 0.2) is 9.85 Å². The maximum Gasteiger partial charge on any atom is 0.274 e. The number of halogens is 1. The zero-order chi connectivity index (χ0) is 11.1. The van der Waals surface area contributed by atoms with Crippen LogP contribution in [0.25, 0.3) is 0 Å². The fraction of sp³-hybridized carbons (Fsp3) is 0.556. The molecule has 1 amide bonds. The topological polar surface area (TPSA) is 53.4 Å². The second-order valence-electron chi connectivity index (χ2n) is 3.75. The molecule has 1 aromatic heterocycles. The van der Waals surface area contributed by atoms with Crippen LogP contribution < -0.4 is 0 Å². The summed E-state index contributed by atoms with van der Waals surface area (Å²) in [5.74, 6) is -0.110. The number of aromatic nitrogens is 1. The zero-order valence-corrected chi connectivity index (χ0v) is 10.6. The molecule has 0 spiro atoms. The molecule has 6 heteroatoms. The van der Waals surface area contributed by atoms with Crippen molar-refractivity contribution in [3.63, 3.8) is 0 Å². The maximum absolute atomic E-state index is 11.8. The molecule has 0 aliphatic carbocycles. The summed E-state index contributed by atoms with van der Waals surface area (Å²) in [7, 11) is 0. The standard InChI is InChI=1S/C9H11BrN2O2S/c1-2-9(14)4-12(5-9)8(13)7-6(10)3-15-11-7/h3,14H,2,4-5H2,1H3. The van der Waals surface area contributed by atoms with Gasteiger partial charge in [-0.2, -0.15) is 4.37 Å². The normalized spacial score (nSPS) is 18.7. The Morgan fingerprint density at radius 3 is 2.93 bits per heavy atom. The summed E-state index contributed by atoms with van der Waals surface area (Å²) in [5, 5.41) is 11.6. The summed E-state index contributed by atoms with van der Waals surface area (Å²) in [6, 6.07) is 0. The minimum absolute atomic E-state index is 0.110. The number of rotatable bonds is 2. The predicted molar refractivity (Wildman–Crippen MR) is 61.0 cm³/mol. The van der Waals surface area contributed by atoms with Gasteiger partial charge < -0.3 is 10.0 Å². The molecule has 2 rings (SSSR count). The third kappa shape index (κ3) is 1.93. The Bertz CT molecular complexity index is 387. The van der Waals surface area contributed by atoms with Crippen molar-refractivity contribution >= 4 is 33.4 Å². The van der Waals surface area contributed by atoms with Crippen LogP contribution in [0.3, 0.4) is 0 Å². The van der Waals surface area contributed by atoms with Crippen LogP contribution in [-0.4, -0.2) is 39.0 Å². The second kappa shape index (κ2) is 3.84. The lowest BCUT2D eigenvalue weighted by atomic mass is 9.91. The van der Waals surface area contributed by atoms with E-state index < -0.39 is 5.60 Å². The minimum Gasteiger partial charge on any atom is -0.386 e. The number of hydrogen-bond donors (Lipinski definition) is 1. The molecule has 1 aliphatic rings. The van der Waals surface area contributed by atoms with Crippen LogP contribution in [0.2, 0.25) is 0 Å². The van der Waals surface area contributed by atoms with Crippen LogP contribution in [-0.2, 0) is 0 Å². The van der Waals surface area contributed by atoms with E-state index in [2.05, 4.69) is 20.3 Å². The van der Waals surface area contributed by atoms with E-state index in [1.165, 1.54) is 11.5 Å². The van der Waals surface area contributed by atoms with Crippen LogP contribution >= 0.6 is 27.5 Å². The number of carbonyl (C=O) groups excluding carboxylic acids is 1. The fourth-order valence-electron chi connectivity index (χ4n) is 1.55. The van der Waals surface area contributed by atoms with Crippen LogP contribution in [0, 0.1) is 0 Å². The highest BCUT2D eigenvalue weighted by atomic mass is 79.9. The zero-order valence-electron chi connectivity index (χ0n) is 8.23. The van der Waals surface area contributed by atoms with Gasteiger partial charge in [0.25, 0.3) is 5.91 Å². The average molecular weight is 291 g/mol. The van der Waals surface area contributed by atoms with Crippen LogP contribution in [0.1, 0.15) is 23.8 Å². The van der Waals surface area contributed by atoms with Crippen molar-refractivity contribution in [1.29, 1.82) is 0 Å². The lowest BCUT2D eigenvalue weighted by Crippen LogP contribution is -2.63.